The van der Waals surface area contributed by atoms with Gasteiger partial charge in [-0.2, -0.15) is 0 Å². The van der Waals surface area contributed by atoms with E-state index in [1.165, 1.54) is 20.8 Å². The molecule has 1 aliphatic heterocycles. The summed E-state index contributed by atoms with van der Waals surface area (Å²) in [6, 6.07) is 0. The second kappa shape index (κ2) is 6.48. The van der Waals surface area contributed by atoms with E-state index in [-0.39, 0.29) is 6.61 Å². The van der Waals surface area contributed by atoms with E-state index in [4.69, 9.17) is 24.7 Å². The molecular weight excluding hydrogens is 258 g/mol. The van der Waals surface area contributed by atoms with Gasteiger partial charge in [0.05, 0.1) is 6.61 Å². The van der Waals surface area contributed by atoms with Crippen LogP contribution < -0.4 is 5.73 Å². The largest absolute Gasteiger partial charge is 0.456 e. The highest BCUT2D eigenvalue weighted by Crippen LogP contribution is 2.22. The Bertz CT molecular complexity index is 370. The summed E-state index contributed by atoms with van der Waals surface area (Å²) in [6.45, 7) is 3.54. The fraction of sp³-hybridized carbons (Fsp3) is 0.727. The summed E-state index contributed by atoms with van der Waals surface area (Å²) in [6.07, 6.45) is -3.85. The Morgan fingerprint density at radius 2 is 1.42 bits per heavy atom. The van der Waals surface area contributed by atoms with Gasteiger partial charge >= 0.3 is 17.9 Å². The first-order valence-electron chi connectivity index (χ1n) is 5.70. The van der Waals surface area contributed by atoms with Crippen LogP contribution in [0.15, 0.2) is 0 Å². The first-order valence-corrected chi connectivity index (χ1v) is 5.70. The van der Waals surface area contributed by atoms with Crippen molar-refractivity contribution >= 4 is 17.9 Å². The minimum atomic E-state index is -1.03. The Labute approximate surface area is 110 Å². The smallest absolute Gasteiger partial charge is 0.303 e. The highest BCUT2D eigenvalue weighted by atomic mass is 16.6. The molecule has 2 N–H and O–H groups in total. The Kier molecular flexibility index (Phi) is 5.25. The number of rotatable bonds is 3. The average molecular weight is 275 g/mol. The third kappa shape index (κ3) is 4.49. The van der Waals surface area contributed by atoms with Gasteiger partial charge in [-0.1, -0.05) is 0 Å². The van der Waals surface area contributed by atoms with Gasteiger partial charge in [0.1, 0.15) is 6.23 Å². The number of ether oxygens (including phenoxy) is 4. The molecule has 0 aromatic rings. The molecular formula is C11H17NO7. The van der Waals surface area contributed by atoms with E-state index in [1.54, 1.807) is 0 Å². The van der Waals surface area contributed by atoms with E-state index in [1.807, 2.05) is 0 Å². The fourth-order valence-corrected chi connectivity index (χ4v) is 1.77. The van der Waals surface area contributed by atoms with Crippen molar-refractivity contribution < 1.29 is 33.3 Å². The van der Waals surface area contributed by atoms with Gasteiger partial charge in [-0.3, -0.25) is 14.4 Å². The Morgan fingerprint density at radius 1 is 0.947 bits per heavy atom. The molecule has 0 amide bonds. The lowest BCUT2D eigenvalue weighted by Gasteiger charge is -2.38. The minimum absolute atomic E-state index is 0.0452. The molecule has 0 bridgehead atoms. The van der Waals surface area contributed by atoms with Crippen LogP contribution in [0.4, 0.5) is 0 Å². The quantitative estimate of drug-likeness (QED) is 0.520. The van der Waals surface area contributed by atoms with E-state index < -0.39 is 42.4 Å². The van der Waals surface area contributed by atoms with E-state index >= 15 is 0 Å². The molecule has 0 aliphatic carbocycles. The predicted molar refractivity (Wildman–Crippen MR) is 60.6 cm³/mol. The molecule has 0 unspecified atom stereocenters. The summed E-state index contributed by atoms with van der Waals surface area (Å²) >= 11 is 0. The highest BCUT2D eigenvalue weighted by Gasteiger charge is 2.45. The molecule has 1 fully saturated rings. The van der Waals surface area contributed by atoms with E-state index in [2.05, 4.69) is 0 Å². The molecule has 1 aliphatic rings. The number of esters is 3. The van der Waals surface area contributed by atoms with Gasteiger partial charge in [0.2, 0.25) is 0 Å². The van der Waals surface area contributed by atoms with Crippen molar-refractivity contribution in [2.45, 2.75) is 45.3 Å². The number of hydrogen-bond acceptors (Lipinski definition) is 8. The standard InChI is InChI=1S/C11H17NO7/c1-5(13)17-8-4-16-11(12)10(19-7(3)15)9(8)18-6(2)14/h8-11H,4,12H2,1-3H3/t8-,9-,10+,11+/m1/s1. The maximum Gasteiger partial charge on any atom is 0.303 e. The van der Waals surface area contributed by atoms with Crippen molar-refractivity contribution in [3.05, 3.63) is 0 Å². The summed E-state index contributed by atoms with van der Waals surface area (Å²) in [7, 11) is 0. The second-order valence-electron chi connectivity index (χ2n) is 4.09. The van der Waals surface area contributed by atoms with Crippen LogP contribution in [0, 0.1) is 0 Å². The third-order valence-electron chi connectivity index (χ3n) is 2.39. The minimum Gasteiger partial charge on any atom is -0.456 e. The van der Waals surface area contributed by atoms with Gasteiger partial charge < -0.3 is 24.7 Å². The van der Waals surface area contributed by atoms with Gasteiger partial charge in [-0.15, -0.1) is 0 Å². The van der Waals surface area contributed by atoms with Crippen LogP contribution in [0.5, 0.6) is 0 Å². The summed E-state index contributed by atoms with van der Waals surface area (Å²) in [5, 5.41) is 0. The third-order valence-corrected chi connectivity index (χ3v) is 2.39. The first kappa shape index (κ1) is 15.4. The number of carbonyl (C=O) groups excluding carboxylic acids is 3. The monoisotopic (exact) mass is 275 g/mol. The Morgan fingerprint density at radius 3 is 1.89 bits per heavy atom. The molecule has 0 saturated carbocycles. The van der Waals surface area contributed by atoms with Gasteiger partial charge in [0.25, 0.3) is 0 Å². The van der Waals surface area contributed by atoms with Gasteiger partial charge in [0, 0.05) is 20.8 Å². The molecule has 1 heterocycles. The van der Waals surface area contributed by atoms with Gasteiger partial charge in [-0.05, 0) is 0 Å². The lowest BCUT2D eigenvalue weighted by molar-refractivity contribution is -0.224. The maximum absolute atomic E-state index is 11.1. The number of carbonyl (C=O) groups is 3. The second-order valence-corrected chi connectivity index (χ2v) is 4.09. The van der Waals surface area contributed by atoms with Crippen molar-refractivity contribution in [3.63, 3.8) is 0 Å². The van der Waals surface area contributed by atoms with Gasteiger partial charge in [0.15, 0.2) is 18.3 Å². The summed E-state index contributed by atoms with van der Waals surface area (Å²) in [5.74, 6) is -1.78. The van der Waals surface area contributed by atoms with Crippen molar-refractivity contribution in [1.82, 2.24) is 0 Å². The zero-order chi connectivity index (χ0) is 14.6. The fourth-order valence-electron chi connectivity index (χ4n) is 1.77. The van der Waals surface area contributed by atoms with E-state index in [0.29, 0.717) is 0 Å². The van der Waals surface area contributed by atoms with Crippen molar-refractivity contribution in [3.8, 4) is 0 Å². The molecule has 0 aromatic carbocycles. The number of nitrogens with two attached hydrogens (primary N) is 1. The average Bonchev–Trinajstić information content (AvgIpc) is 2.25. The highest BCUT2D eigenvalue weighted by molar-refractivity contribution is 5.68. The molecule has 4 atom stereocenters. The maximum atomic E-state index is 11.1. The summed E-state index contributed by atoms with van der Waals surface area (Å²) < 4.78 is 20.1. The van der Waals surface area contributed by atoms with Crippen molar-refractivity contribution in [2.24, 2.45) is 5.73 Å². The zero-order valence-corrected chi connectivity index (χ0v) is 11.0. The number of hydrogen-bond donors (Lipinski definition) is 1. The Balaban J connectivity index is 2.89. The SMILES string of the molecule is CC(=O)O[C@H]1[C@H](OC(C)=O)[C@H](OC(C)=O)CO[C@@H]1N. The molecule has 1 saturated heterocycles. The van der Waals surface area contributed by atoms with Crippen LogP contribution in [0.3, 0.4) is 0 Å². The molecule has 0 spiro atoms. The van der Waals surface area contributed by atoms with Crippen LogP contribution in [0.1, 0.15) is 20.8 Å². The van der Waals surface area contributed by atoms with Crippen molar-refractivity contribution in [1.29, 1.82) is 0 Å². The summed E-state index contributed by atoms with van der Waals surface area (Å²) in [4.78, 5) is 33.1. The van der Waals surface area contributed by atoms with E-state index in [0.717, 1.165) is 0 Å². The first-order chi connectivity index (χ1) is 8.81. The molecule has 19 heavy (non-hydrogen) atoms. The van der Waals surface area contributed by atoms with Crippen LogP contribution >= 0.6 is 0 Å². The zero-order valence-electron chi connectivity index (χ0n) is 11.0. The summed E-state index contributed by atoms with van der Waals surface area (Å²) in [5.41, 5.74) is 5.66. The van der Waals surface area contributed by atoms with Crippen LogP contribution in [-0.4, -0.2) is 49.1 Å². The van der Waals surface area contributed by atoms with Crippen LogP contribution in [0.2, 0.25) is 0 Å². The van der Waals surface area contributed by atoms with Crippen LogP contribution in [0.25, 0.3) is 0 Å². The molecule has 8 heteroatoms. The normalized spacial score (nSPS) is 30.3. The molecule has 0 aromatic heterocycles. The molecule has 108 valence electrons. The topological polar surface area (TPSA) is 114 Å². The Hall–Kier alpha value is -1.67. The molecule has 0 radical (unpaired) electrons. The lowest BCUT2D eigenvalue weighted by Crippen LogP contribution is -2.60. The van der Waals surface area contributed by atoms with Crippen LogP contribution in [-0.2, 0) is 33.3 Å². The van der Waals surface area contributed by atoms with Gasteiger partial charge in [-0.25, -0.2) is 0 Å². The molecule has 1 rings (SSSR count). The van der Waals surface area contributed by atoms with E-state index in [9.17, 15) is 14.4 Å². The predicted octanol–water partition coefficient (Wildman–Crippen LogP) is -0.903. The van der Waals surface area contributed by atoms with Crippen molar-refractivity contribution in [2.75, 3.05) is 6.61 Å². The molecule has 8 nitrogen and oxygen atoms in total. The lowest BCUT2D eigenvalue weighted by atomic mass is 10.0.